The quantitative estimate of drug-likeness (QED) is 0.515. The molecule has 0 amide bonds. The van der Waals surface area contributed by atoms with Gasteiger partial charge in [-0.15, -0.1) is 21.6 Å². The molecule has 0 bridgehead atoms. The van der Waals surface area contributed by atoms with Crippen molar-refractivity contribution in [3.05, 3.63) is 64.0 Å². The van der Waals surface area contributed by atoms with Crippen molar-refractivity contribution in [2.75, 3.05) is 0 Å². The van der Waals surface area contributed by atoms with Crippen LogP contribution in [0.1, 0.15) is 33.6 Å². The average Bonchev–Trinajstić information content (AvgIpc) is 3.09. The van der Waals surface area contributed by atoms with Crippen molar-refractivity contribution in [3.8, 4) is 5.75 Å². The van der Waals surface area contributed by atoms with Crippen molar-refractivity contribution in [3.63, 3.8) is 0 Å². The fourth-order valence-electron chi connectivity index (χ4n) is 2.44. The topological polar surface area (TPSA) is 71.2 Å². The summed E-state index contributed by atoms with van der Waals surface area (Å²) in [6, 6.07) is 6.66. The highest BCUT2D eigenvalue weighted by molar-refractivity contribution is 7.17. The molecular weight excluding hydrogens is 355 g/mol. The van der Waals surface area contributed by atoms with Gasteiger partial charge in [0, 0.05) is 6.42 Å². The van der Waals surface area contributed by atoms with Crippen molar-refractivity contribution >= 4 is 28.0 Å². The second-order valence-corrected chi connectivity index (χ2v) is 6.93. The van der Waals surface area contributed by atoms with Crippen LogP contribution in [0.5, 0.6) is 5.75 Å². The minimum absolute atomic E-state index is 0.0344. The fourth-order valence-corrected chi connectivity index (χ4v) is 3.15. The monoisotopic (exact) mass is 372 g/mol. The molecule has 3 rings (SSSR count). The van der Waals surface area contributed by atoms with Crippen LogP contribution in [0.3, 0.4) is 0 Å². The third-order valence-corrected chi connectivity index (χ3v) is 4.75. The smallest absolute Gasteiger partial charge is 0.353 e. The first kappa shape index (κ1) is 18.0. The summed E-state index contributed by atoms with van der Waals surface area (Å²) in [4.78, 5) is 12.4. The molecule has 1 aromatic heterocycles. The molecular formula is C19H17FN2O3S. The van der Waals surface area contributed by atoms with E-state index in [2.05, 4.69) is 10.2 Å². The van der Waals surface area contributed by atoms with E-state index in [-0.39, 0.29) is 17.9 Å². The Hall–Kier alpha value is -2.80. The van der Waals surface area contributed by atoms with Crippen LogP contribution in [0, 0.1) is 13.8 Å². The zero-order chi connectivity index (χ0) is 18.7. The van der Waals surface area contributed by atoms with Crippen LogP contribution in [-0.2, 0) is 4.74 Å². The Kier molecular flexibility index (Phi) is 5.27. The number of carbonyl (C=O) groups is 1. The Bertz CT molecular complexity index is 921. The van der Waals surface area contributed by atoms with E-state index in [0.29, 0.717) is 33.1 Å². The van der Waals surface area contributed by atoms with Crippen molar-refractivity contribution in [1.29, 1.82) is 0 Å². The second kappa shape index (κ2) is 7.61. The molecule has 0 saturated heterocycles. The van der Waals surface area contributed by atoms with Gasteiger partial charge in [0.05, 0.1) is 5.69 Å². The Morgan fingerprint density at radius 1 is 1.23 bits per heavy atom. The molecule has 2 aromatic rings. The molecule has 0 radical (unpaired) electrons. The lowest BCUT2D eigenvalue weighted by molar-refractivity contribution is 0.0631. The maximum Gasteiger partial charge on any atom is 0.353 e. The van der Waals surface area contributed by atoms with Gasteiger partial charge in [-0.3, -0.25) is 0 Å². The number of aryl methyl sites for hydroxylation is 2. The number of azo groups is 1. The van der Waals surface area contributed by atoms with E-state index in [0.717, 1.165) is 11.3 Å². The van der Waals surface area contributed by atoms with Gasteiger partial charge in [0.15, 0.2) is 5.76 Å². The molecule has 5 nitrogen and oxygen atoms in total. The van der Waals surface area contributed by atoms with Gasteiger partial charge < -0.3 is 9.84 Å². The van der Waals surface area contributed by atoms with E-state index < -0.39 is 11.8 Å². The van der Waals surface area contributed by atoms with Gasteiger partial charge >= 0.3 is 5.97 Å². The molecule has 0 fully saturated rings. The zero-order valence-electron chi connectivity index (χ0n) is 14.3. The highest BCUT2D eigenvalue weighted by Gasteiger charge is 2.16. The minimum Gasteiger partial charge on any atom is -0.507 e. The van der Waals surface area contributed by atoms with Crippen molar-refractivity contribution in [1.82, 2.24) is 0 Å². The number of aromatic hydroxyl groups is 1. The normalized spacial score (nSPS) is 14.3. The predicted molar refractivity (Wildman–Crippen MR) is 98.0 cm³/mol. The van der Waals surface area contributed by atoms with Crippen LogP contribution >= 0.6 is 11.3 Å². The number of halogens is 1. The van der Waals surface area contributed by atoms with Gasteiger partial charge in [-0.1, -0.05) is 6.08 Å². The third kappa shape index (κ3) is 4.05. The van der Waals surface area contributed by atoms with Gasteiger partial charge in [0.1, 0.15) is 21.5 Å². The van der Waals surface area contributed by atoms with Crippen LogP contribution in [0.4, 0.5) is 15.1 Å². The fraction of sp³-hybridized carbons (Fsp3) is 0.211. The van der Waals surface area contributed by atoms with E-state index in [1.807, 2.05) is 0 Å². The van der Waals surface area contributed by atoms with Crippen LogP contribution in [0.2, 0.25) is 0 Å². The SMILES string of the molecule is Cc1cc(/N=N/c2ccc(C(=O)OC3=C(F)CCC=C3)s2)cc(C)c1O. The number of esters is 1. The summed E-state index contributed by atoms with van der Waals surface area (Å²) in [6.07, 6.45) is 4.09. The molecule has 1 aromatic carbocycles. The molecule has 0 aliphatic heterocycles. The number of thiophene rings is 1. The molecule has 26 heavy (non-hydrogen) atoms. The molecule has 1 aliphatic carbocycles. The molecule has 1 aliphatic rings. The van der Waals surface area contributed by atoms with Gasteiger partial charge in [-0.2, -0.15) is 0 Å². The minimum atomic E-state index is -0.621. The Morgan fingerprint density at radius 3 is 2.65 bits per heavy atom. The summed E-state index contributed by atoms with van der Waals surface area (Å²) in [5.41, 5.74) is 2.03. The second-order valence-electron chi connectivity index (χ2n) is 5.87. The third-order valence-electron chi connectivity index (χ3n) is 3.80. The number of nitrogens with zero attached hydrogens (tertiary/aromatic N) is 2. The number of phenolic OH excluding ortho intramolecular Hbond substituents is 1. The lowest BCUT2D eigenvalue weighted by Gasteiger charge is -2.08. The summed E-state index contributed by atoms with van der Waals surface area (Å²) in [5, 5.41) is 18.5. The van der Waals surface area contributed by atoms with Crippen LogP contribution in [-0.4, -0.2) is 11.1 Å². The van der Waals surface area contributed by atoms with Gasteiger partial charge in [-0.05, 0) is 61.7 Å². The zero-order valence-corrected chi connectivity index (χ0v) is 15.1. The van der Waals surface area contributed by atoms with Crippen molar-refractivity contribution in [2.24, 2.45) is 10.2 Å². The van der Waals surface area contributed by atoms with Gasteiger partial charge in [0.25, 0.3) is 0 Å². The largest absolute Gasteiger partial charge is 0.507 e. The molecule has 0 saturated carbocycles. The molecule has 134 valence electrons. The first-order valence-electron chi connectivity index (χ1n) is 8.03. The predicted octanol–water partition coefficient (Wildman–Crippen LogP) is 6.17. The summed E-state index contributed by atoms with van der Waals surface area (Å²) in [5.74, 6) is -0.837. The van der Waals surface area contributed by atoms with Crippen LogP contribution < -0.4 is 0 Å². The van der Waals surface area contributed by atoms with E-state index in [1.54, 1.807) is 44.2 Å². The molecule has 7 heteroatoms. The number of benzene rings is 1. The summed E-state index contributed by atoms with van der Waals surface area (Å²) >= 11 is 1.11. The maximum absolute atomic E-state index is 13.6. The average molecular weight is 372 g/mol. The van der Waals surface area contributed by atoms with Crippen molar-refractivity contribution < 1.29 is 19.0 Å². The van der Waals surface area contributed by atoms with E-state index in [4.69, 9.17) is 4.74 Å². The van der Waals surface area contributed by atoms with Crippen LogP contribution in [0.15, 0.2) is 58.2 Å². The lowest BCUT2D eigenvalue weighted by Crippen LogP contribution is -2.04. The highest BCUT2D eigenvalue weighted by Crippen LogP contribution is 2.31. The number of hydrogen-bond donors (Lipinski definition) is 1. The Labute approximate surface area is 154 Å². The van der Waals surface area contributed by atoms with Gasteiger partial charge in [-0.25, -0.2) is 9.18 Å². The van der Waals surface area contributed by atoms with Crippen LogP contribution in [0.25, 0.3) is 0 Å². The molecule has 0 unspecified atom stereocenters. The number of ether oxygens (including phenoxy) is 1. The molecule has 1 N–H and O–H groups in total. The summed E-state index contributed by atoms with van der Waals surface area (Å²) < 4.78 is 18.7. The van der Waals surface area contributed by atoms with E-state index in [9.17, 15) is 14.3 Å². The number of rotatable bonds is 4. The first-order valence-corrected chi connectivity index (χ1v) is 8.85. The van der Waals surface area contributed by atoms with Gasteiger partial charge in [0.2, 0.25) is 0 Å². The highest BCUT2D eigenvalue weighted by atomic mass is 32.1. The standard InChI is InChI=1S/C19H17FN2O3S/c1-11-9-13(10-12(2)18(11)23)21-22-17-8-7-16(26-17)19(24)25-15-6-4-3-5-14(15)20/h4,6-10,23H,3,5H2,1-2H3/b22-21+. The number of phenols is 1. The number of hydrogen-bond acceptors (Lipinski definition) is 6. The molecule has 0 atom stereocenters. The van der Waals surface area contributed by atoms with E-state index in [1.165, 1.54) is 6.08 Å². The van der Waals surface area contributed by atoms with E-state index >= 15 is 0 Å². The lowest BCUT2D eigenvalue weighted by atomic mass is 10.1. The molecule has 0 spiro atoms. The van der Waals surface area contributed by atoms with Crippen molar-refractivity contribution in [2.45, 2.75) is 26.7 Å². The molecule has 1 heterocycles. The summed E-state index contributed by atoms with van der Waals surface area (Å²) in [6.45, 7) is 3.57. The first-order chi connectivity index (χ1) is 12.4. The number of carbonyl (C=O) groups excluding carboxylic acids is 1. The Balaban J connectivity index is 1.72. The maximum atomic E-state index is 13.6. The number of allylic oxidation sites excluding steroid dienone is 3. The Morgan fingerprint density at radius 2 is 1.96 bits per heavy atom. The summed E-state index contributed by atoms with van der Waals surface area (Å²) in [7, 11) is 0.